The number of ketones is 1. The first-order valence-electron chi connectivity index (χ1n) is 6.67. The van der Waals surface area contributed by atoms with Crippen LogP contribution in [0.2, 0.25) is 0 Å². The molecule has 0 saturated carbocycles. The van der Waals surface area contributed by atoms with Crippen molar-refractivity contribution in [2.75, 3.05) is 0 Å². The van der Waals surface area contributed by atoms with Crippen molar-refractivity contribution in [3.05, 3.63) is 71.2 Å². The molecule has 0 spiro atoms. The molecule has 0 aliphatic rings. The Hall–Kier alpha value is -2.69. The van der Waals surface area contributed by atoms with Gasteiger partial charge in [0.1, 0.15) is 5.69 Å². The van der Waals surface area contributed by atoms with Crippen LogP contribution in [0.15, 0.2) is 60.0 Å². The molecule has 1 rings (SSSR count). The van der Waals surface area contributed by atoms with Gasteiger partial charge in [-0.05, 0) is 6.07 Å². The minimum Gasteiger partial charge on any atom is -0.477 e. The van der Waals surface area contributed by atoms with Gasteiger partial charge in [-0.1, -0.05) is 44.7 Å². The van der Waals surface area contributed by atoms with Crippen LogP contribution in [0.25, 0.3) is 0 Å². The monoisotopic (exact) mass is 301 g/mol. The molecule has 0 unspecified atom stereocenters. The number of Topliss-reactive ketones (excluding diaryl/α,β-unsaturated/α-hetero) is 1. The summed E-state index contributed by atoms with van der Waals surface area (Å²) in [5.74, 6) is -1.65. The molecule has 5 nitrogen and oxygen atoms in total. The van der Waals surface area contributed by atoms with E-state index < -0.39 is 16.9 Å². The second kappa shape index (κ2) is 6.85. The Morgan fingerprint density at radius 2 is 1.95 bits per heavy atom. The van der Waals surface area contributed by atoms with Crippen molar-refractivity contribution in [1.82, 2.24) is 4.57 Å². The number of carboxylic acid groups (broad SMARTS) is 1. The van der Waals surface area contributed by atoms with Gasteiger partial charge in [-0.15, -0.1) is 6.58 Å². The third-order valence-electron chi connectivity index (χ3n) is 3.17. The fourth-order valence-corrected chi connectivity index (χ4v) is 1.82. The molecule has 1 aromatic heterocycles. The van der Waals surface area contributed by atoms with E-state index in [1.165, 1.54) is 24.3 Å². The number of hydrogen-bond donors (Lipinski definition) is 1. The number of nitrogens with zero attached hydrogens (tertiary/aromatic N) is 1. The van der Waals surface area contributed by atoms with Crippen LogP contribution in [-0.2, 0) is 11.3 Å². The molecular formula is C17H19NO4. The fourth-order valence-electron chi connectivity index (χ4n) is 1.82. The van der Waals surface area contributed by atoms with Gasteiger partial charge in [-0.3, -0.25) is 14.2 Å². The van der Waals surface area contributed by atoms with E-state index in [1.807, 2.05) is 13.8 Å². The van der Waals surface area contributed by atoms with Gasteiger partial charge in [-0.2, -0.15) is 0 Å². The summed E-state index contributed by atoms with van der Waals surface area (Å²) in [5.41, 5.74) is -0.875. The zero-order valence-corrected chi connectivity index (χ0v) is 12.7. The van der Waals surface area contributed by atoms with Crippen LogP contribution in [0.4, 0.5) is 0 Å². The maximum Gasteiger partial charge on any atom is 0.352 e. The lowest BCUT2D eigenvalue weighted by Crippen LogP contribution is -2.29. The molecule has 1 N–H and O–H groups in total. The van der Waals surface area contributed by atoms with Crippen LogP contribution in [0, 0.1) is 5.41 Å². The van der Waals surface area contributed by atoms with Crippen molar-refractivity contribution in [1.29, 1.82) is 0 Å². The first-order valence-corrected chi connectivity index (χ1v) is 6.67. The average Bonchev–Trinajstić information content (AvgIpc) is 2.46. The largest absolute Gasteiger partial charge is 0.477 e. The topological polar surface area (TPSA) is 76.4 Å². The molecule has 0 aliphatic carbocycles. The number of aromatic carboxylic acids is 1. The minimum atomic E-state index is -1.26. The summed E-state index contributed by atoms with van der Waals surface area (Å²) in [6.45, 7) is 10.7. The standard InChI is InChI=1S/C17H19NO4/c1-5-12(10-17(3,4)6-2)14(19)11-18-13(16(21)22)8-7-9-15(18)20/h5-10H,1-2,11H2,3-4H3,(H,21,22)/b12-10+. The van der Waals surface area contributed by atoms with Gasteiger partial charge in [-0.25, -0.2) is 4.79 Å². The summed E-state index contributed by atoms with van der Waals surface area (Å²) >= 11 is 0. The summed E-state index contributed by atoms with van der Waals surface area (Å²) in [7, 11) is 0. The van der Waals surface area contributed by atoms with Crippen LogP contribution < -0.4 is 5.56 Å². The van der Waals surface area contributed by atoms with Crippen LogP contribution in [0.3, 0.4) is 0 Å². The van der Waals surface area contributed by atoms with E-state index in [1.54, 1.807) is 12.2 Å². The van der Waals surface area contributed by atoms with Crippen LogP contribution in [0.5, 0.6) is 0 Å². The second-order valence-corrected chi connectivity index (χ2v) is 5.39. The van der Waals surface area contributed by atoms with Gasteiger partial charge in [0.05, 0.1) is 6.54 Å². The number of carbonyl (C=O) groups excluding carboxylic acids is 1. The molecule has 5 heteroatoms. The summed E-state index contributed by atoms with van der Waals surface area (Å²) in [6, 6.07) is 3.84. The minimum absolute atomic E-state index is 0.229. The summed E-state index contributed by atoms with van der Waals surface area (Å²) < 4.78 is 0.933. The molecule has 0 atom stereocenters. The number of rotatable bonds is 7. The Labute approximate surface area is 128 Å². The van der Waals surface area contributed by atoms with Crippen molar-refractivity contribution in [2.45, 2.75) is 20.4 Å². The predicted octanol–water partition coefficient (Wildman–Crippen LogP) is 2.44. The Morgan fingerprint density at radius 3 is 2.45 bits per heavy atom. The van der Waals surface area contributed by atoms with E-state index in [2.05, 4.69) is 13.2 Å². The van der Waals surface area contributed by atoms with Crippen molar-refractivity contribution < 1.29 is 14.7 Å². The van der Waals surface area contributed by atoms with Crippen molar-refractivity contribution in [3.8, 4) is 0 Å². The lowest BCUT2D eigenvalue weighted by molar-refractivity contribution is -0.115. The molecule has 0 saturated heterocycles. The predicted molar refractivity (Wildman–Crippen MR) is 84.9 cm³/mol. The van der Waals surface area contributed by atoms with E-state index in [0.29, 0.717) is 5.57 Å². The quantitative estimate of drug-likeness (QED) is 0.477. The third-order valence-corrected chi connectivity index (χ3v) is 3.17. The van der Waals surface area contributed by atoms with Crippen LogP contribution in [0.1, 0.15) is 24.3 Å². The van der Waals surface area contributed by atoms with Crippen molar-refractivity contribution in [2.24, 2.45) is 5.41 Å². The Morgan fingerprint density at radius 1 is 1.32 bits per heavy atom. The van der Waals surface area contributed by atoms with E-state index in [0.717, 1.165) is 4.57 Å². The van der Waals surface area contributed by atoms with Crippen LogP contribution >= 0.6 is 0 Å². The molecule has 0 radical (unpaired) electrons. The molecule has 0 fully saturated rings. The van der Waals surface area contributed by atoms with E-state index in [9.17, 15) is 14.4 Å². The molecule has 116 valence electrons. The molecular weight excluding hydrogens is 282 g/mol. The molecule has 0 bridgehead atoms. The SMILES string of the molecule is C=C/C(=C\C(C)(C)C=C)C(=O)Cn1c(C(=O)O)cccc1=O. The van der Waals surface area contributed by atoms with Crippen molar-refractivity contribution >= 4 is 11.8 Å². The fraction of sp³-hybridized carbons (Fsp3) is 0.235. The van der Waals surface area contributed by atoms with Gasteiger partial charge in [0.25, 0.3) is 5.56 Å². The highest BCUT2D eigenvalue weighted by atomic mass is 16.4. The van der Waals surface area contributed by atoms with Gasteiger partial charge in [0, 0.05) is 17.1 Å². The zero-order valence-electron chi connectivity index (χ0n) is 12.7. The lowest BCUT2D eigenvalue weighted by Gasteiger charge is -2.16. The Balaban J connectivity index is 3.23. The molecule has 0 amide bonds. The number of allylic oxidation sites excluding steroid dienone is 4. The average molecular weight is 301 g/mol. The maximum absolute atomic E-state index is 12.3. The Kier molecular flexibility index (Phi) is 5.40. The van der Waals surface area contributed by atoms with Gasteiger partial charge in [0.15, 0.2) is 5.78 Å². The van der Waals surface area contributed by atoms with Gasteiger partial charge in [0.2, 0.25) is 0 Å². The van der Waals surface area contributed by atoms with E-state index in [4.69, 9.17) is 5.11 Å². The number of pyridine rings is 1. The molecule has 1 heterocycles. The van der Waals surface area contributed by atoms with Gasteiger partial charge < -0.3 is 5.11 Å². The number of aromatic nitrogens is 1. The normalized spacial score (nSPS) is 11.8. The van der Waals surface area contributed by atoms with Gasteiger partial charge >= 0.3 is 5.97 Å². The number of carbonyl (C=O) groups is 2. The number of carboxylic acids is 1. The molecule has 22 heavy (non-hydrogen) atoms. The highest BCUT2D eigenvalue weighted by Crippen LogP contribution is 2.21. The number of hydrogen-bond acceptors (Lipinski definition) is 3. The lowest BCUT2D eigenvalue weighted by atomic mass is 9.90. The molecule has 0 aliphatic heterocycles. The smallest absolute Gasteiger partial charge is 0.352 e. The summed E-state index contributed by atoms with van der Waals surface area (Å²) in [6.07, 6.45) is 4.76. The highest BCUT2D eigenvalue weighted by Gasteiger charge is 2.17. The maximum atomic E-state index is 12.3. The first-order chi connectivity index (χ1) is 10.2. The van der Waals surface area contributed by atoms with Crippen molar-refractivity contribution in [3.63, 3.8) is 0 Å². The first kappa shape index (κ1) is 17.4. The van der Waals surface area contributed by atoms with E-state index in [-0.39, 0.29) is 18.0 Å². The highest BCUT2D eigenvalue weighted by molar-refractivity contribution is 5.98. The van der Waals surface area contributed by atoms with Crippen LogP contribution in [-0.4, -0.2) is 21.4 Å². The third kappa shape index (κ3) is 4.15. The Bertz CT molecular complexity index is 708. The summed E-state index contributed by atoms with van der Waals surface area (Å²) in [4.78, 5) is 35.3. The molecule has 0 aromatic carbocycles. The summed E-state index contributed by atoms with van der Waals surface area (Å²) in [5, 5.41) is 9.10. The zero-order chi connectivity index (χ0) is 16.9. The van der Waals surface area contributed by atoms with E-state index >= 15 is 0 Å². The second-order valence-electron chi connectivity index (χ2n) is 5.39. The molecule has 1 aromatic rings.